The number of H-pyrrole nitrogens is 1. The second-order valence-electron chi connectivity index (χ2n) is 5.84. The summed E-state index contributed by atoms with van der Waals surface area (Å²) in [4.78, 5) is 13.0. The first kappa shape index (κ1) is 15.2. The number of carbonyl (C=O) groups excluding carboxylic acids is 1. The molecule has 0 fully saturated rings. The van der Waals surface area contributed by atoms with Crippen LogP contribution < -0.4 is 0 Å². The number of carbonyl (C=O) groups is 1. The maximum atomic E-state index is 10.8. The van der Waals surface area contributed by atoms with Gasteiger partial charge in [0, 0.05) is 17.5 Å². The van der Waals surface area contributed by atoms with Crippen LogP contribution in [0.5, 0.6) is 0 Å². The number of hydrogen-bond acceptors (Lipinski definition) is 3. The van der Waals surface area contributed by atoms with Crippen LogP contribution in [-0.2, 0) is 6.54 Å². The molecule has 0 atom stereocenters. The first-order chi connectivity index (χ1) is 11.2. The number of fused-ring (bicyclic) bond motifs is 1. The molecule has 3 aromatic rings. The molecule has 1 N–H and O–H groups in total. The molecule has 4 nitrogen and oxygen atoms in total. The van der Waals surface area contributed by atoms with Crippen LogP contribution in [0.3, 0.4) is 0 Å². The van der Waals surface area contributed by atoms with Crippen molar-refractivity contribution >= 4 is 29.3 Å². The zero-order valence-electron chi connectivity index (χ0n) is 13.3. The Morgan fingerprint density at radius 1 is 1.04 bits per heavy atom. The number of benzene rings is 2. The highest BCUT2D eigenvalue weighted by Gasteiger charge is 2.03. The van der Waals surface area contributed by atoms with Crippen molar-refractivity contribution in [3.8, 4) is 0 Å². The summed E-state index contributed by atoms with van der Waals surface area (Å²) in [5.74, 6) is 0. The quantitative estimate of drug-likeness (QED) is 0.733. The van der Waals surface area contributed by atoms with Crippen molar-refractivity contribution in [3.05, 3.63) is 64.8 Å². The Hall–Kier alpha value is -2.72. The van der Waals surface area contributed by atoms with Crippen molar-refractivity contribution in [2.75, 3.05) is 14.1 Å². The minimum absolute atomic E-state index is 0.646. The minimum Gasteiger partial charge on any atom is -0.305 e. The van der Waals surface area contributed by atoms with Crippen molar-refractivity contribution in [1.29, 1.82) is 0 Å². The van der Waals surface area contributed by atoms with Gasteiger partial charge in [-0.15, -0.1) is 0 Å². The molecular formula is C19H19N3O. The molecule has 3 rings (SSSR count). The average molecular weight is 305 g/mol. The van der Waals surface area contributed by atoms with Gasteiger partial charge in [0.15, 0.2) is 0 Å². The lowest BCUT2D eigenvalue weighted by molar-refractivity contribution is 0.112. The predicted octanol–water partition coefficient (Wildman–Crippen LogP) is 3.61. The van der Waals surface area contributed by atoms with Crippen molar-refractivity contribution in [2.24, 2.45) is 0 Å². The molecule has 0 radical (unpaired) electrons. The van der Waals surface area contributed by atoms with E-state index in [4.69, 9.17) is 0 Å². The standard InChI is InChI=1S/C19H19N3O/c1-22(2)12-15-5-3-14(4-6-15)8-10-18-17-9-7-16(13-23)11-19(17)21-20-18/h3-11,13H,12H2,1-2H3,(H,20,21)/b10-8+. The number of aldehydes is 1. The Bertz CT molecular complexity index is 845. The molecule has 1 aromatic heterocycles. The van der Waals surface area contributed by atoms with Crippen LogP contribution in [-0.4, -0.2) is 35.5 Å². The number of nitrogens with one attached hydrogen (secondary N) is 1. The Morgan fingerprint density at radius 2 is 1.78 bits per heavy atom. The maximum absolute atomic E-state index is 10.8. The zero-order valence-corrected chi connectivity index (χ0v) is 13.3. The highest BCUT2D eigenvalue weighted by molar-refractivity contribution is 5.92. The minimum atomic E-state index is 0.646. The molecule has 4 heteroatoms. The number of aromatic amines is 1. The fourth-order valence-electron chi connectivity index (χ4n) is 2.53. The van der Waals surface area contributed by atoms with Gasteiger partial charge in [0.25, 0.3) is 0 Å². The summed E-state index contributed by atoms with van der Waals surface area (Å²) < 4.78 is 0. The number of nitrogens with zero attached hydrogens (tertiary/aromatic N) is 2. The summed E-state index contributed by atoms with van der Waals surface area (Å²) in [6, 6.07) is 14.0. The molecule has 116 valence electrons. The second-order valence-corrected chi connectivity index (χ2v) is 5.84. The molecule has 0 bridgehead atoms. The Balaban J connectivity index is 1.81. The largest absolute Gasteiger partial charge is 0.305 e. The molecule has 0 spiro atoms. The molecule has 0 saturated carbocycles. The van der Waals surface area contributed by atoms with E-state index in [0.29, 0.717) is 5.56 Å². The van der Waals surface area contributed by atoms with Gasteiger partial charge >= 0.3 is 0 Å². The van der Waals surface area contributed by atoms with Crippen LogP contribution >= 0.6 is 0 Å². The first-order valence-electron chi connectivity index (χ1n) is 7.51. The van der Waals surface area contributed by atoms with Gasteiger partial charge in [0.05, 0.1) is 11.2 Å². The van der Waals surface area contributed by atoms with Gasteiger partial charge in [0.2, 0.25) is 0 Å². The molecule has 0 unspecified atom stereocenters. The molecule has 2 aromatic carbocycles. The van der Waals surface area contributed by atoms with Crippen LogP contribution in [0, 0.1) is 0 Å². The fourth-order valence-corrected chi connectivity index (χ4v) is 2.53. The Kier molecular flexibility index (Phi) is 4.35. The summed E-state index contributed by atoms with van der Waals surface area (Å²) >= 11 is 0. The Labute approximate surface area is 135 Å². The summed E-state index contributed by atoms with van der Waals surface area (Å²) in [5, 5.41) is 8.28. The van der Waals surface area contributed by atoms with Crippen LogP contribution in [0.15, 0.2) is 42.5 Å². The van der Waals surface area contributed by atoms with E-state index in [9.17, 15) is 4.79 Å². The van der Waals surface area contributed by atoms with Crippen molar-refractivity contribution in [3.63, 3.8) is 0 Å². The third-order valence-corrected chi connectivity index (χ3v) is 3.66. The number of aromatic nitrogens is 2. The molecule has 0 aliphatic rings. The monoisotopic (exact) mass is 305 g/mol. The normalized spacial score (nSPS) is 11.6. The molecule has 1 heterocycles. The van der Waals surface area contributed by atoms with Crippen molar-refractivity contribution < 1.29 is 4.79 Å². The van der Waals surface area contributed by atoms with E-state index in [0.717, 1.165) is 35.0 Å². The first-order valence-corrected chi connectivity index (χ1v) is 7.51. The van der Waals surface area contributed by atoms with E-state index in [-0.39, 0.29) is 0 Å². The lowest BCUT2D eigenvalue weighted by atomic mass is 10.1. The molecule has 23 heavy (non-hydrogen) atoms. The van der Waals surface area contributed by atoms with Crippen molar-refractivity contribution in [1.82, 2.24) is 15.1 Å². The third-order valence-electron chi connectivity index (χ3n) is 3.66. The van der Waals surface area contributed by atoms with Crippen LogP contribution in [0.25, 0.3) is 23.1 Å². The van der Waals surface area contributed by atoms with E-state index in [1.165, 1.54) is 5.56 Å². The van der Waals surface area contributed by atoms with Gasteiger partial charge < -0.3 is 4.90 Å². The van der Waals surface area contributed by atoms with Crippen LogP contribution in [0.2, 0.25) is 0 Å². The van der Waals surface area contributed by atoms with Crippen molar-refractivity contribution in [2.45, 2.75) is 6.54 Å². The number of rotatable bonds is 5. The van der Waals surface area contributed by atoms with E-state index in [1.807, 2.05) is 24.3 Å². The summed E-state index contributed by atoms with van der Waals surface area (Å²) in [5.41, 5.74) is 4.81. The summed E-state index contributed by atoms with van der Waals surface area (Å²) in [7, 11) is 4.12. The van der Waals surface area contributed by atoms with Crippen LogP contribution in [0.4, 0.5) is 0 Å². The third kappa shape index (κ3) is 3.55. The lowest BCUT2D eigenvalue weighted by Gasteiger charge is -2.09. The van der Waals surface area contributed by atoms with E-state index in [2.05, 4.69) is 53.5 Å². The fraction of sp³-hybridized carbons (Fsp3) is 0.158. The van der Waals surface area contributed by atoms with E-state index < -0.39 is 0 Å². The van der Waals surface area contributed by atoms with Gasteiger partial charge in [-0.2, -0.15) is 5.10 Å². The predicted molar refractivity (Wildman–Crippen MR) is 94.2 cm³/mol. The highest BCUT2D eigenvalue weighted by atomic mass is 16.1. The summed E-state index contributed by atoms with van der Waals surface area (Å²) in [6.07, 6.45) is 4.87. The van der Waals surface area contributed by atoms with Gasteiger partial charge in [-0.3, -0.25) is 9.89 Å². The topological polar surface area (TPSA) is 49.0 Å². The van der Waals surface area contributed by atoms with Gasteiger partial charge in [-0.1, -0.05) is 36.4 Å². The maximum Gasteiger partial charge on any atom is 0.150 e. The second kappa shape index (κ2) is 6.58. The lowest BCUT2D eigenvalue weighted by Crippen LogP contribution is -2.10. The molecule has 0 amide bonds. The highest BCUT2D eigenvalue weighted by Crippen LogP contribution is 2.19. The molecule has 0 aliphatic heterocycles. The van der Waals surface area contributed by atoms with Crippen LogP contribution in [0.1, 0.15) is 27.2 Å². The van der Waals surface area contributed by atoms with Gasteiger partial charge in [-0.25, -0.2) is 0 Å². The molecule has 0 aliphatic carbocycles. The molecular weight excluding hydrogens is 286 g/mol. The smallest absolute Gasteiger partial charge is 0.150 e. The molecule has 0 saturated heterocycles. The average Bonchev–Trinajstić information content (AvgIpc) is 2.96. The van der Waals surface area contributed by atoms with Gasteiger partial charge in [0.1, 0.15) is 6.29 Å². The van der Waals surface area contributed by atoms with E-state index in [1.54, 1.807) is 6.07 Å². The SMILES string of the molecule is CN(C)Cc1ccc(/C=C/c2n[nH]c3cc(C=O)ccc23)cc1. The Morgan fingerprint density at radius 3 is 2.48 bits per heavy atom. The van der Waals surface area contributed by atoms with E-state index >= 15 is 0 Å². The number of hydrogen-bond donors (Lipinski definition) is 1. The van der Waals surface area contributed by atoms with Gasteiger partial charge in [-0.05, 0) is 43.4 Å². The zero-order chi connectivity index (χ0) is 16.2. The summed E-state index contributed by atoms with van der Waals surface area (Å²) in [6.45, 7) is 0.938.